The number of nitrogens with one attached hydrogen (secondary N) is 1. The van der Waals surface area contributed by atoms with Crippen LogP contribution in [0.5, 0.6) is 0 Å². The van der Waals surface area contributed by atoms with E-state index >= 15 is 0 Å². The standard InChI is InChI=1S/C18H21ClN2O3S/c1-11(2)18(3,9-16(23)24)21-15(22)8-14-10-25-17(20-14)12-4-6-13(19)7-5-12/h4-7,10-11H,8-9H2,1-3H3,(H,21,22)(H,23,24). The molecule has 0 aliphatic heterocycles. The number of hydrogen-bond donors (Lipinski definition) is 2. The number of nitrogens with zero attached hydrogens (tertiary/aromatic N) is 1. The largest absolute Gasteiger partial charge is 0.481 e. The molecule has 2 rings (SSSR count). The van der Waals surface area contributed by atoms with E-state index in [1.165, 1.54) is 11.3 Å². The molecule has 2 N–H and O–H groups in total. The van der Waals surface area contributed by atoms with Crippen molar-refractivity contribution in [1.29, 1.82) is 0 Å². The second kappa shape index (κ2) is 7.97. The number of carbonyl (C=O) groups excluding carboxylic acids is 1. The molecule has 1 atom stereocenters. The van der Waals surface area contributed by atoms with Crippen LogP contribution in [-0.4, -0.2) is 27.5 Å². The van der Waals surface area contributed by atoms with Crippen molar-refractivity contribution in [2.75, 3.05) is 0 Å². The topological polar surface area (TPSA) is 79.3 Å². The zero-order valence-electron chi connectivity index (χ0n) is 14.4. The highest BCUT2D eigenvalue weighted by molar-refractivity contribution is 7.13. The van der Waals surface area contributed by atoms with Crippen molar-refractivity contribution in [3.63, 3.8) is 0 Å². The van der Waals surface area contributed by atoms with Crippen molar-refractivity contribution in [2.24, 2.45) is 5.92 Å². The summed E-state index contributed by atoms with van der Waals surface area (Å²) in [6.45, 7) is 5.54. The Labute approximate surface area is 156 Å². The van der Waals surface area contributed by atoms with Crippen molar-refractivity contribution in [2.45, 2.75) is 39.2 Å². The molecular weight excluding hydrogens is 360 g/mol. The first-order valence-electron chi connectivity index (χ1n) is 7.93. The molecule has 2 aromatic rings. The van der Waals surface area contributed by atoms with E-state index in [0.717, 1.165) is 10.6 Å². The van der Waals surface area contributed by atoms with Crippen LogP contribution in [0.4, 0.5) is 0 Å². The van der Waals surface area contributed by atoms with Crippen LogP contribution in [0.3, 0.4) is 0 Å². The summed E-state index contributed by atoms with van der Waals surface area (Å²) in [6.07, 6.45) is -0.00445. The number of rotatable bonds is 7. The SMILES string of the molecule is CC(C)C(C)(CC(=O)O)NC(=O)Cc1csc(-c2ccc(Cl)cc2)n1. The van der Waals surface area contributed by atoms with Gasteiger partial charge < -0.3 is 10.4 Å². The number of benzene rings is 1. The molecule has 1 unspecified atom stereocenters. The van der Waals surface area contributed by atoms with Gasteiger partial charge >= 0.3 is 5.97 Å². The van der Waals surface area contributed by atoms with E-state index in [9.17, 15) is 9.59 Å². The predicted molar refractivity (Wildman–Crippen MR) is 99.9 cm³/mol. The van der Waals surface area contributed by atoms with E-state index in [1.54, 1.807) is 19.1 Å². The van der Waals surface area contributed by atoms with Crippen LogP contribution in [0.15, 0.2) is 29.6 Å². The highest BCUT2D eigenvalue weighted by atomic mass is 35.5. The Hall–Kier alpha value is -1.92. The van der Waals surface area contributed by atoms with Crippen molar-refractivity contribution in [3.8, 4) is 10.6 Å². The predicted octanol–water partition coefficient (Wildman–Crippen LogP) is 4.01. The molecule has 1 aromatic heterocycles. The number of amides is 1. The molecule has 0 bridgehead atoms. The second-order valence-corrected chi connectivity index (χ2v) is 7.81. The Balaban J connectivity index is 2.05. The van der Waals surface area contributed by atoms with Crippen molar-refractivity contribution < 1.29 is 14.7 Å². The van der Waals surface area contributed by atoms with Gasteiger partial charge in [0.1, 0.15) is 5.01 Å². The summed E-state index contributed by atoms with van der Waals surface area (Å²) < 4.78 is 0. The lowest BCUT2D eigenvalue weighted by atomic mass is 9.85. The maximum Gasteiger partial charge on any atom is 0.305 e. The van der Waals surface area contributed by atoms with Gasteiger partial charge in [0.15, 0.2) is 0 Å². The Kier molecular flexibility index (Phi) is 6.19. The van der Waals surface area contributed by atoms with Crippen LogP contribution in [0.1, 0.15) is 32.9 Å². The summed E-state index contributed by atoms with van der Waals surface area (Å²) in [5.74, 6) is -1.17. The fourth-order valence-corrected chi connectivity index (χ4v) is 3.30. The molecule has 0 radical (unpaired) electrons. The molecule has 1 heterocycles. The van der Waals surface area contributed by atoms with Crippen LogP contribution in [0.2, 0.25) is 5.02 Å². The molecule has 7 heteroatoms. The summed E-state index contributed by atoms with van der Waals surface area (Å²) in [6, 6.07) is 7.36. The lowest BCUT2D eigenvalue weighted by molar-refractivity contribution is -0.139. The molecular formula is C18H21ClN2O3S. The summed E-state index contributed by atoms with van der Waals surface area (Å²) in [4.78, 5) is 27.9. The van der Waals surface area contributed by atoms with Gasteiger partial charge in [-0.3, -0.25) is 9.59 Å². The fourth-order valence-electron chi connectivity index (χ4n) is 2.35. The van der Waals surface area contributed by atoms with Crippen LogP contribution >= 0.6 is 22.9 Å². The Morgan fingerprint density at radius 2 is 1.96 bits per heavy atom. The molecule has 5 nitrogen and oxygen atoms in total. The molecule has 134 valence electrons. The van der Waals surface area contributed by atoms with Crippen molar-refractivity contribution >= 4 is 34.8 Å². The number of carbonyl (C=O) groups is 2. The average molecular weight is 381 g/mol. The highest BCUT2D eigenvalue weighted by Gasteiger charge is 2.32. The molecule has 1 aromatic carbocycles. The third kappa shape index (κ3) is 5.28. The molecule has 0 saturated carbocycles. The van der Waals surface area contributed by atoms with Gasteiger partial charge in [-0.2, -0.15) is 0 Å². The molecule has 25 heavy (non-hydrogen) atoms. The first-order chi connectivity index (χ1) is 11.7. The number of carboxylic acid groups (broad SMARTS) is 1. The zero-order valence-corrected chi connectivity index (χ0v) is 15.9. The monoisotopic (exact) mass is 380 g/mol. The normalized spacial score (nSPS) is 13.5. The number of hydrogen-bond acceptors (Lipinski definition) is 4. The van der Waals surface area contributed by atoms with Gasteiger partial charge in [-0.1, -0.05) is 37.6 Å². The minimum absolute atomic E-state index is 0.00684. The third-order valence-electron chi connectivity index (χ3n) is 4.20. The quantitative estimate of drug-likeness (QED) is 0.760. The van der Waals surface area contributed by atoms with E-state index in [4.69, 9.17) is 16.7 Å². The second-order valence-electron chi connectivity index (χ2n) is 6.52. The van der Waals surface area contributed by atoms with Gasteiger partial charge in [0.25, 0.3) is 0 Å². The van der Waals surface area contributed by atoms with Crippen LogP contribution in [0, 0.1) is 5.92 Å². The van der Waals surface area contributed by atoms with E-state index in [1.807, 2.05) is 31.4 Å². The highest BCUT2D eigenvalue weighted by Crippen LogP contribution is 2.26. The van der Waals surface area contributed by atoms with Gasteiger partial charge in [0.05, 0.1) is 18.5 Å². The average Bonchev–Trinajstić information content (AvgIpc) is 2.95. The summed E-state index contributed by atoms with van der Waals surface area (Å²) in [5, 5.41) is 15.3. The zero-order chi connectivity index (χ0) is 18.6. The van der Waals surface area contributed by atoms with Crippen molar-refractivity contribution in [3.05, 3.63) is 40.4 Å². The fraction of sp³-hybridized carbons (Fsp3) is 0.389. The Morgan fingerprint density at radius 1 is 1.32 bits per heavy atom. The van der Waals surface area contributed by atoms with Crippen LogP contribution in [-0.2, 0) is 16.0 Å². The van der Waals surface area contributed by atoms with E-state index in [-0.39, 0.29) is 24.7 Å². The van der Waals surface area contributed by atoms with E-state index in [0.29, 0.717) is 10.7 Å². The number of aliphatic carboxylic acids is 1. The van der Waals surface area contributed by atoms with Gasteiger partial charge in [-0.25, -0.2) is 4.98 Å². The lowest BCUT2D eigenvalue weighted by Crippen LogP contribution is -2.51. The van der Waals surface area contributed by atoms with Gasteiger partial charge in [-0.15, -0.1) is 11.3 Å². The number of aromatic nitrogens is 1. The maximum absolute atomic E-state index is 12.3. The third-order valence-corrected chi connectivity index (χ3v) is 5.39. The van der Waals surface area contributed by atoms with Gasteiger partial charge in [-0.05, 0) is 25.0 Å². The Bertz CT molecular complexity index is 758. The van der Waals surface area contributed by atoms with Crippen LogP contribution in [0.25, 0.3) is 10.6 Å². The number of thiazole rings is 1. The Morgan fingerprint density at radius 3 is 2.52 bits per heavy atom. The minimum atomic E-state index is -0.935. The van der Waals surface area contributed by atoms with E-state index < -0.39 is 11.5 Å². The summed E-state index contributed by atoms with van der Waals surface area (Å²) in [5.41, 5.74) is 0.811. The first-order valence-corrected chi connectivity index (χ1v) is 9.18. The molecule has 0 aliphatic rings. The molecule has 0 aliphatic carbocycles. The molecule has 0 fully saturated rings. The van der Waals surface area contributed by atoms with Crippen LogP contribution < -0.4 is 5.32 Å². The molecule has 0 saturated heterocycles. The smallest absolute Gasteiger partial charge is 0.305 e. The maximum atomic E-state index is 12.3. The first kappa shape index (κ1) is 19.4. The molecule has 0 spiro atoms. The summed E-state index contributed by atoms with van der Waals surface area (Å²) >= 11 is 7.34. The van der Waals surface area contributed by atoms with Crippen molar-refractivity contribution in [1.82, 2.24) is 10.3 Å². The lowest BCUT2D eigenvalue weighted by Gasteiger charge is -2.33. The number of carboxylic acids is 1. The van der Waals surface area contributed by atoms with Gasteiger partial charge in [0.2, 0.25) is 5.91 Å². The van der Waals surface area contributed by atoms with E-state index in [2.05, 4.69) is 10.3 Å². The minimum Gasteiger partial charge on any atom is -0.481 e. The summed E-state index contributed by atoms with van der Waals surface area (Å²) in [7, 11) is 0. The van der Waals surface area contributed by atoms with Gasteiger partial charge in [0, 0.05) is 21.5 Å². The number of halogens is 1. The molecule has 1 amide bonds.